The highest BCUT2D eigenvalue weighted by Gasteiger charge is 2.20. The van der Waals surface area contributed by atoms with Gasteiger partial charge in [0.2, 0.25) is 0 Å². The van der Waals surface area contributed by atoms with Gasteiger partial charge >= 0.3 is 5.97 Å². The van der Waals surface area contributed by atoms with Crippen LogP contribution in [-0.2, 0) is 4.79 Å². The minimum absolute atomic E-state index is 0.454. The van der Waals surface area contributed by atoms with Crippen molar-refractivity contribution in [1.82, 2.24) is 10.5 Å². The number of hydrazine groups is 2. The third-order valence-corrected chi connectivity index (χ3v) is 1.43. The van der Waals surface area contributed by atoms with E-state index in [1.54, 1.807) is 13.0 Å². The van der Waals surface area contributed by atoms with Crippen LogP contribution in [0, 0.1) is 0 Å². The van der Waals surface area contributed by atoms with Crippen LogP contribution in [0.1, 0.15) is 13.3 Å². The maximum Gasteiger partial charge on any atom is 0.323 e. The second-order valence-electron chi connectivity index (χ2n) is 2.32. The van der Waals surface area contributed by atoms with E-state index in [0.29, 0.717) is 13.0 Å². The van der Waals surface area contributed by atoms with E-state index in [2.05, 4.69) is 12.0 Å². The SMILES string of the molecule is C=CCNN(N)[C@@H](CC)C(=O)O. The fourth-order valence-corrected chi connectivity index (χ4v) is 0.770. The molecule has 70 valence electrons. The number of rotatable bonds is 6. The first-order valence-electron chi connectivity index (χ1n) is 3.74. The number of nitrogens with one attached hydrogen (secondary N) is 1. The molecule has 0 saturated heterocycles. The molecule has 1 atom stereocenters. The molecule has 0 spiro atoms. The lowest BCUT2D eigenvalue weighted by atomic mass is 10.2. The van der Waals surface area contributed by atoms with E-state index >= 15 is 0 Å². The number of hydrogen-bond donors (Lipinski definition) is 3. The highest BCUT2D eigenvalue weighted by atomic mass is 16.4. The van der Waals surface area contributed by atoms with Gasteiger partial charge in [0.05, 0.1) is 0 Å². The van der Waals surface area contributed by atoms with E-state index in [4.69, 9.17) is 10.9 Å². The Kier molecular flexibility index (Phi) is 5.27. The van der Waals surface area contributed by atoms with Gasteiger partial charge in [0, 0.05) is 6.54 Å². The highest BCUT2D eigenvalue weighted by molar-refractivity contribution is 5.73. The largest absolute Gasteiger partial charge is 0.480 e. The predicted octanol–water partition coefficient (Wildman–Crippen LogP) is -0.284. The summed E-state index contributed by atoms with van der Waals surface area (Å²) in [6, 6.07) is -0.690. The summed E-state index contributed by atoms with van der Waals surface area (Å²) in [5, 5.41) is 9.74. The summed E-state index contributed by atoms with van der Waals surface area (Å²) in [6.07, 6.45) is 2.06. The molecule has 0 heterocycles. The van der Waals surface area contributed by atoms with Crippen molar-refractivity contribution in [3.05, 3.63) is 12.7 Å². The van der Waals surface area contributed by atoms with E-state index < -0.39 is 12.0 Å². The molecule has 0 aromatic carbocycles. The number of hydrogen-bond acceptors (Lipinski definition) is 4. The lowest BCUT2D eigenvalue weighted by Crippen LogP contribution is -2.53. The van der Waals surface area contributed by atoms with Crippen molar-refractivity contribution >= 4 is 5.97 Å². The second kappa shape index (κ2) is 5.70. The van der Waals surface area contributed by atoms with Crippen molar-refractivity contribution in [3.8, 4) is 0 Å². The molecule has 0 amide bonds. The average molecular weight is 173 g/mol. The van der Waals surface area contributed by atoms with Crippen molar-refractivity contribution in [3.63, 3.8) is 0 Å². The Morgan fingerprint density at radius 1 is 1.92 bits per heavy atom. The van der Waals surface area contributed by atoms with Gasteiger partial charge < -0.3 is 5.11 Å². The maximum atomic E-state index is 10.5. The van der Waals surface area contributed by atoms with Crippen molar-refractivity contribution < 1.29 is 9.90 Å². The number of carboxylic acid groups (broad SMARTS) is 1. The topological polar surface area (TPSA) is 78.6 Å². The van der Waals surface area contributed by atoms with Gasteiger partial charge in [0.25, 0.3) is 0 Å². The Morgan fingerprint density at radius 2 is 2.50 bits per heavy atom. The molecule has 0 unspecified atom stereocenters. The highest BCUT2D eigenvalue weighted by Crippen LogP contribution is 1.95. The molecule has 0 fully saturated rings. The van der Waals surface area contributed by atoms with Crippen LogP contribution < -0.4 is 11.3 Å². The summed E-state index contributed by atoms with van der Waals surface area (Å²) < 4.78 is 0. The van der Waals surface area contributed by atoms with Gasteiger partial charge in [0.15, 0.2) is 0 Å². The van der Waals surface area contributed by atoms with Crippen LogP contribution in [0.25, 0.3) is 0 Å². The molecule has 0 aromatic rings. The summed E-state index contributed by atoms with van der Waals surface area (Å²) in [5.41, 5.74) is 2.68. The van der Waals surface area contributed by atoms with Crippen LogP contribution in [0.4, 0.5) is 0 Å². The molecule has 0 aliphatic carbocycles. The van der Waals surface area contributed by atoms with E-state index in [0.717, 1.165) is 5.12 Å². The quantitative estimate of drug-likeness (QED) is 0.292. The molecule has 4 N–H and O–H groups in total. The monoisotopic (exact) mass is 173 g/mol. The summed E-state index contributed by atoms with van der Waals surface area (Å²) in [6.45, 7) is 5.69. The lowest BCUT2D eigenvalue weighted by molar-refractivity contribution is -0.144. The third-order valence-electron chi connectivity index (χ3n) is 1.43. The van der Waals surface area contributed by atoms with E-state index in [-0.39, 0.29) is 0 Å². The van der Waals surface area contributed by atoms with Crippen molar-refractivity contribution in [1.29, 1.82) is 0 Å². The van der Waals surface area contributed by atoms with E-state index in [1.807, 2.05) is 0 Å². The standard InChI is InChI=1S/C7H15N3O2/c1-3-5-9-10(8)6(4-2)7(11)12/h3,6,9H,1,4-5,8H2,2H3,(H,11,12)/t6-/m0/s1. The fourth-order valence-electron chi connectivity index (χ4n) is 0.770. The molecule has 5 nitrogen and oxygen atoms in total. The lowest BCUT2D eigenvalue weighted by Gasteiger charge is -2.22. The van der Waals surface area contributed by atoms with Crippen LogP contribution in [0.5, 0.6) is 0 Å². The second-order valence-corrected chi connectivity index (χ2v) is 2.32. The Labute approximate surface area is 71.8 Å². The molecule has 0 aliphatic heterocycles. The van der Waals surface area contributed by atoms with Gasteiger partial charge in [-0.2, -0.15) is 5.12 Å². The normalized spacial score (nSPS) is 12.9. The summed E-state index contributed by atoms with van der Waals surface area (Å²) in [5.74, 6) is 4.48. The molecule has 0 saturated carbocycles. The fraction of sp³-hybridized carbons (Fsp3) is 0.571. The van der Waals surface area contributed by atoms with E-state index in [9.17, 15) is 4.79 Å². The van der Waals surface area contributed by atoms with Crippen LogP contribution in [0.2, 0.25) is 0 Å². The molecule has 0 rings (SSSR count). The van der Waals surface area contributed by atoms with Gasteiger partial charge in [-0.05, 0) is 6.42 Å². The number of carbonyl (C=O) groups is 1. The number of nitrogens with two attached hydrogens (primary N) is 1. The van der Waals surface area contributed by atoms with Crippen LogP contribution >= 0.6 is 0 Å². The molecule has 0 aliphatic rings. The molecule has 0 radical (unpaired) electrons. The number of nitrogens with zero attached hydrogens (tertiary/aromatic N) is 1. The van der Waals surface area contributed by atoms with Gasteiger partial charge in [-0.25, -0.2) is 5.43 Å². The van der Waals surface area contributed by atoms with Gasteiger partial charge in [-0.3, -0.25) is 10.6 Å². The molecule has 5 heteroatoms. The first-order valence-corrected chi connectivity index (χ1v) is 3.74. The minimum atomic E-state index is -0.934. The maximum absolute atomic E-state index is 10.5. The molecular formula is C7H15N3O2. The van der Waals surface area contributed by atoms with E-state index in [1.165, 1.54) is 0 Å². The zero-order valence-corrected chi connectivity index (χ0v) is 7.16. The molecule has 0 aromatic heterocycles. The van der Waals surface area contributed by atoms with Crippen molar-refractivity contribution in [2.24, 2.45) is 5.84 Å². The first-order chi connectivity index (χ1) is 5.63. The Morgan fingerprint density at radius 3 is 2.83 bits per heavy atom. The Bertz CT molecular complexity index is 161. The minimum Gasteiger partial charge on any atom is -0.480 e. The molecular weight excluding hydrogens is 158 g/mol. The molecule has 12 heavy (non-hydrogen) atoms. The van der Waals surface area contributed by atoms with Gasteiger partial charge in [-0.1, -0.05) is 13.0 Å². The van der Waals surface area contributed by atoms with Crippen LogP contribution in [0.3, 0.4) is 0 Å². The first kappa shape index (κ1) is 11.1. The molecule has 0 bridgehead atoms. The van der Waals surface area contributed by atoms with Crippen LogP contribution in [-0.4, -0.2) is 28.8 Å². The average Bonchev–Trinajstić information content (AvgIpc) is 2.01. The Balaban J connectivity index is 3.93. The summed E-state index contributed by atoms with van der Waals surface area (Å²) >= 11 is 0. The van der Waals surface area contributed by atoms with Gasteiger partial charge in [0.1, 0.15) is 6.04 Å². The summed E-state index contributed by atoms with van der Waals surface area (Å²) in [4.78, 5) is 10.5. The third kappa shape index (κ3) is 3.47. The van der Waals surface area contributed by atoms with Crippen molar-refractivity contribution in [2.45, 2.75) is 19.4 Å². The number of carboxylic acids is 1. The van der Waals surface area contributed by atoms with Crippen LogP contribution in [0.15, 0.2) is 12.7 Å². The van der Waals surface area contributed by atoms with Crippen molar-refractivity contribution in [2.75, 3.05) is 6.54 Å². The van der Waals surface area contributed by atoms with Gasteiger partial charge in [-0.15, -0.1) is 6.58 Å². The Hall–Kier alpha value is -0.910. The predicted molar refractivity (Wildman–Crippen MR) is 45.9 cm³/mol. The number of aliphatic carboxylic acids is 1. The zero-order chi connectivity index (χ0) is 9.56. The zero-order valence-electron chi connectivity index (χ0n) is 7.16. The smallest absolute Gasteiger partial charge is 0.323 e. The summed E-state index contributed by atoms with van der Waals surface area (Å²) in [7, 11) is 0.